The first-order valence-electron chi connectivity index (χ1n) is 10.8. The van der Waals surface area contributed by atoms with Gasteiger partial charge in [-0.3, -0.25) is 0 Å². The number of nitrogens with zero attached hydrogens (tertiary/aromatic N) is 2. The summed E-state index contributed by atoms with van der Waals surface area (Å²) < 4.78 is 11.0. The summed E-state index contributed by atoms with van der Waals surface area (Å²) in [4.78, 5) is 7.22. The molecule has 2 aromatic rings. The van der Waals surface area contributed by atoms with Gasteiger partial charge in [0.15, 0.2) is 5.96 Å². The normalized spacial score (nSPS) is 14.5. The van der Waals surface area contributed by atoms with Crippen LogP contribution in [0.4, 0.5) is 5.69 Å². The fraction of sp³-hybridized carbons (Fsp3) is 0.458. The van der Waals surface area contributed by atoms with E-state index in [1.807, 2.05) is 6.07 Å². The van der Waals surface area contributed by atoms with Gasteiger partial charge < -0.3 is 25.0 Å². The molecule has 6 heteroatoms. The minimum absolute atomic E-state index is 0.636. The number of aliphatic imine (C=N–C) groups is 1. The number of methoxy groups -OCH3 is 1. The number of morpholine rings is 1. The van der Waals surface area contributed by atoms with E-state index in [0.29, 0.717) is 6.54 Å². The van der Waals surface area contributed by atoms with Crippen molar-refractivity contribution in [2.45, 2.75) is 26.8 Å². The average Bonchev–Trinajstić information content (AvgIpc) is 2.78. The summed E-state index contributed by atoms with van der Waals surface area (Å²) in [6.07, 6.45) is 0.875. The van der Waals surface area contributed by atoms with Gasteiger partial charge in [0.2, 0.25) is 0 Å². The molecule has 0 unspecified atom stereocenters. The molecule has 2 aromatic carbocycles. The number of para-hydroxylation sites is 1. The first-order valence-corrected chi connectivity index (χ1v) is 10.8. The highest BCUT2D eigenvalue weighted by Gasteiger charge is 2.14. The monoisotopic (exact) mass is 410 g/mol. The van der Waals surface area contributed by atoms with E-state index in [1.54, 1.807) is 7.11 Å². The third-order valence-corrected chi connectivity index (χ3v) is 5.22. The van der Waals surface area contributed by atoms with Crippen molar-refractivity contribution in [1.29, 1.82) is 0 Å². The van der Waals surface area contributed by atoms with Gasteiger partial charge in [-0.25, -0.2) is 4.99 Å². The van der Waals surface area contributed by atoms with Crippen molar-refractivity contribution in [2.75, 3.05) is 51.4 Å². The van der Waals surface area contributed by atoms with Gasteiger partial charge in [0.1, 0.15) is 5.75 Å². The van der Waals surface area contributed by atoms with Crippen LogP contribution >= 0.6 is 0 Å². The summed E-state index contributed by atoms with van der Waals surface area (Å²) in [5.74, 6) is 1.77. The third kappa shape index (κ3) is 6.13. The zero-order valence-electron chi connectivity index (χ0n) is 18.4. The Morgan fingerprint density at radius 2 is 1.90 bits per heavy atom. The van der Waals surface area contributed by atoms with Crippen molar-refractivity contribution in [3.63, 3.8) is 0 Å². The van der Waals surface area contributed by atoms with E-state index in [-0.39, 0.29) is 0 Å². The molecule has 3 rings (SSSR count). The van der Waals surface area contributed by atoms with Crippen LogP contribution in [0.25, 0.3) is 0 Å². The number of nitrogens with one attached hydrogen (secondary N) is 2. The number of anilines is 1. The molecule has 1 saturated heterocycles. The zero-order valence-corrected chi connectivity index (χ0v) is 18.4. The van der Waals surface area contributed by atoms with Crippen LogP contribution in [-0.2, 0) is 17.7 Å². The van der Waals surface area contributed by atoms with Crippen molar-refractivity contribution in [1.82, 2.24) is 10.6 Å². The lowest BCUT2D eigenvalue weighted by molar-refractivity contribution is 0.122. The molecule has 1 heterocycles. The molecule has 1 aliphatic heterocycles. The highest BCUT2D eigenvalue weighted by molar-refractivity contribution is 5.79. The average molecular weight is 411 g/mol. The minimum Gasteiger partial charge on any atom is -0.496 e. The number of rotatable bonds is 8. The van der Waals surface area contributed by atoms with Crippen molar-refractivity contribution < 1.29 is 9.47 Å². The van der Waals surface area contributed by atoms with Gasteiger partial charge in [0.05, 0.1) is 26.9 Å². The predicted molar refractivity (Wildman–Crippen MR) is 124 cm³/mol. The maximum absolute atomic E-state index is 5.50. The Morgan fingerprint density at radius 1 is 1.10 bits per heavy atom. The van der Waals surface area contributed by atoms with E-state index in [9.17, 15) is 0 Å². The summed E-state index contributed by atoms with van der Waals surface area (Å²) in [6.45, 7) is 9.86. The molecule has 0 saturated carbocycles. The Balaban J connectivity index is 1.63. The van der Waals surface area contributed by atoms with E-state index in [2.05, 4.69) is 65.8 Å². The van der Waals surface area contributed by atoms with Crippen LogP contribution < -0.4 is 20.3 Å². The fourth-order valence-electron chi connectivity index (χ4n) is 3.68. The molecule has 0 bridgehead atoms. The highest BCUT2D eigenvalue weighted by atomic mass is 16.5. The van der Waals surface area contributed by atoms with Gasteiger partial charge in [0.25, 0.3) is 0 Å². The quantitative estimate of drug-likeness (QED) is 0.517. The number of guanidine groups is 1. The largest absolute Gasteiger partial charge is 0.496 e. The molecule has 6 nitrogen and oxygen atoms in total. The first kappa shape index (κ1) is 22.0. The zero-order chi connectivity index (χ0) is 21.2. The van der Waals surface area contributed by atoms with Gasteiger partial charge in [-0.15, -0.1) is 0 Å². The molecule has 30 heavy (non-hydrogen) atoms. The van der Waals surface area contributed by atoms with Gasteiger partial charge in [0, 0.05) is 31.9 Å². The lowest BCUT2D eigenvalue weighted by Gasteiger charge is -2.30. The van der Waals surface area contributed by atoms with E-state index >= 15 is 0 Å². The van der Waals surface area contributed by atoms with Crippen LogP contribution in [0, 0.1) is 6.92 Å². The molecular formula is C24H34N4O2. The van der Waals surface area contributed by atoms with Crippen LogP contribution in [0.15, 0.2) is 47.5 Å². The summed E-state index contributed by atoms with van der Waals surface area (Å²) in [7, 11) is 1.72. The predicted octanol–water partition coefficient (Wildman–Crippen LogP) is 3.14. The molecule has 162 valence electrons. The Hall–Kier alpha value is -2.73. The van der Waals surface area contributed by atoms with Crippen LogP contribution in [0.1, 0.15) is 23.6 Å². The minimum atomic E-state index is 0.636. The maximum atomic E-state index is 5.50. The molecule has 0 spiro atoms. The highest BCUT2D eigenvalue weighted by Crippen LogP contribution is 2.22. The van der Waals surface area contributed by atoms with Crippen LogP contribution in [0.5, 0.6) is 5.75 Å². The molecule has 0 amide bonds. The SMILES string of the molecule is CCNC(=NCc1ccccc1N1CCOCC1)NCCc1cc(C)ccc1OC. The lowest BCUT2D eigenvalue weighted by Crippen LogP contribution is -2.38. The lowest BCUT2D eigenvalue weighted by atomic mass is 10.1. The Kier molecular flexibility index (Phi) is 8.39. The molecule has 0 radical (unpaired) electrons. The van der Waals surface area contributed by atoms with E-state index in [1.165, 1.54) is 22.4 Å². The van der Waals surface area contributed by atoms with Crippen molar-refractivity contribution >= 4 is 11.6 Å². The van der Waals surface area contributed by atoms with Gasteiger partial charge in [-0.2, -0.15) is 0 Å². The summed E-state index contributed by atoms with van der Waals surface area (Å²) >= 11 is 0. The number of aryl methyl sites for hydroxylation is 1. The number of hydrogen-bond acceptors (Lipinski definition) is 4. The summed E-state index contributed by atoms with van der Waals surface area (Å²) in [5, 5.41) is 6.81. The molecule has 1 aliphatic rings. The molecule has 0 aliphatic carbocycles. The summed E-state index contributed by atoms with van der Waals surface area (Å²) in [5.41, 5.74) is 4.94. The number of benzene rings is 2. The maximum Gasteiger partial charge on any atom is 0.191 e. The molecule has 0 aromatic heterocycles. The Labute approximate surface area is 180 Å². The fourth-order valence-corrected chi connectivity index (χ4v) is 3.68. The van der Waals surface area contributed by atoms with Crippen LogP contribution in [-0.4, -0.2) is 52.5 Å². The van der Waals surface area contributed by atoms with Gasteiger partial charge >= 0.3 is 0 Å². The topological polar surface area (TPSA) is 58.1 Å². The standard InChI is InChI=1S/C24H34N4O2/c1-4-25-24(26-12-11-20-17-19(2)9-10-23(20)29-3)27-18-21-7-5-6-8-22(21)28-13-15-30-16-14-28/h5-10,17H,4,11-16,18H2,1-3H3,(H2,25,26,27). The second-order valence-electron chi connectivity index (χ2n) is 7.42. The first-order chi connectivity index (χ1) is 14.7. The van der Waals surface area contributed by atoms with Gasteiger partial charge in [-0.05, 0) is 43.5 Å². The van der Waals surface area contributed by atoms with E-state index < -0.39 is 0 Å². The van der Waals surface area contributed by atoms with E-state index in [0.717, 1.165) is 57.5 Å². The van der Waals surface area contributed by atoms with Crippen LogP contribution in [0.3, 0.4) is 0 Å². The second kappa shape index (κ2) is 11.5. The van der Waals surface area contributed by atoms with Crippen molar-refractivity contribution in [2.24, 2.45) is 4.99 Å². The number of hydrogen-bond donors (Lipinski definition) is 2. The van der Waals surface area contributed by atoms with Gasteiger partial charge in [-0.1, -0.05) is 35.9 Å². The van der Waals surface area contributed by atoms with Crippen molar-refractivity contribution in [3.05, 3.63) is 59.2 Å². The molecule has 0 atom stereocenters. The molecular weight excluding hydrogens is 376 g/mol. The Bertz CT molecular complexity index is 832. The van der Waals surface area contributed by atoms with Crippen molar-refractivity contribution in [3.8, 4) is 5.75 Å². The third-order valence-electron chi connectivity index (χ3n) is 5.22. The Morgan fingerprint density at radius 3 is 2.67 bits per heavy atom. The van der Waals surface area contributed by atoms with E-state index in [4.69, 9.17) is 14.5 Å². The smallest absolute Gasteiger partial charge is 0.191 e. The molecule has 2 N–H and O–H groups in total. The summed E-state index contributed by atoms with van der Waals surface area (Å²) in [6, 6.07) is 14.8. The molecule has 1 fully saturated rings. The number of ether oxygens (including phenoxy) is 2. The van der Waals surface area contributed by atoms with Crippen LogP contribution in [0.2, 0.25) is 0 Å². The second-order valence-corrected chi connectivity index (χ2v) is 7.42.